The zero-order chi connectivity index (χ0) is 26.9. The van der Waals surface area contributed by atoms with Crippen molar-refractivity contribution in [1.29, 1.82) is 0 Å². The number of rotatable bonds is 13. The number of aliphatic hydroxyl groups is 1. The first kappa shape index (κ1) is 28.3. The molecule has 7 heteroatoms. The number of carbonyl (C=O) groups excluding carboxylic acids is 1. The molecule has 2 atom stereocenters. The van der Waals surface area contributed by atoms with E-state index in [1.807, 2.05) is 59.2 Å². The average Bonchev–Trinajstić information content (AvgIpc) is 3.41. The third kappa shape index (κ3) is 7.67. The number of aliphatic hydroxyl groups excluding tert-OH is 1. The fourth-order valence-corrected chi connectivity index (χ4v) is 5.75. The van der Waals surface area contributed by atoms with Gasteiger partial charge in [-0.15, -0.1) is 11.3 Å². The monoisotopic (exact) mass is 536 g/mol. The smallest absolute Gasteiger partial charge is 0.237 e. The van der Waals surface area contributed by atoms with Crippen molar-refractivity contribution in [2.45, 2.75) is 51.9 Å². The van der Waals surface area contributed by atoms with Crippen molar-refractivity contribution < 1.29 is 19.4 Å². The van der Waals surface area contributed by atoms with E-state index in [-0.39, 0.29) is 25.1 Å². The van der Waals surface area contributed by atoms with Gasteiger partial charge in [-0.3, -0.25) is 9.69 Å². The molecule has 2 aromatic carbocycles. The van der Waals surface area contributed by atoms with Gasteiger partial charge in [0.05, 0.1) is 31.9 Å². The summed E-state index contributed by atoms with van der Waals surface area (Å²) in [6, 6.07) is 20.2. The van der Waals surface area contributed by atoms with E-state index in [1.54, 1.807) is 11.3 Å². The van der Waals surface area contributed by atoms with Gasteiger partial charge in [-0.1, -0.05) is 63.2 Å². The van der Waals surface area contributed by atoms with Crippen molar-refractivity contribution in [2.24, 2.45) is 0 Å². The molecule has 204 valence electrons. The van der Waals surface area contributed by atoms with Crippen molar-refractivity contribution in [2.75, 3.05) is 39.4 Å². The van der Waals surface area contributed by atoms with Crippen LogP contribution in [0, 0.1) is 0 Å². The van der Waals surface area contributed by atoms with Crippen LogP contribution in [-0.4, -0.2) is 66.3 Å². The Kier molecular flexibility index (Phi) is 10.4. The quantitative estimate of drug-likeness (QED) is 0.322. The van der Waals surface area contributed by atoms with Gasteiger partial charge < -0.3 is 19.5 Å². The van der Waals surface area contributed by atoms with E-state index in [4.69, 9.17) is 9.47 Å². The summed E-state index contributed by atoms with van der Waals surface area (Å²) in [6.07, 6.45) is 0.199. The zero-order valence-electron chi connectivity index (χ0n) is 22.7. The first-order valence-electron chi connectivity index (χ1n) is 13.5. The standard InChI is InChI=1S/C31H40N2O4S/c1-4-32(18-26(34)21-36-20-24-8-6-5-7-9-24)19-31(35)33-16-14-30-28(15-17-38-30)29(33)22-37-27-12-10-25(11-13-27)23(2)3/h5-13,15,17,23,26,29,34H,4,14,16,18-22H2,1-3H3/t26-,29+/m0/s1. The summed E-state index contributed by atoms with van der Waals surface area (Å²) in [6.45, 7) is 9.46. The van der Waals surface area contributed by atoms with Crippen LogP contribution in [0.1, 0.15) is 54.3 Å². The number of benzene rings is 2. The number of thiophene rings is 1. The molecule has 0 spiro atoms. The van der Waals surface area contributed by atoms with E-state index in [1.165, 1.54) is 16.0 Å². The van der Waals surface area contributed by atoms with E-state index in [9.17, 15) is 9.90 Å². The molecule has 1 amide bonds. The number of amides is 1. The van der Waals surface area contributed by atoms with Crippen molar-refractivity contribution >= 4 is 17.2 Å². The predicted molar refractivity (Wildman–Crippen MR) is 153 cm³/mol. The molecule has 1 aromatic heterocycles. The minimum atomic E-state index is -0.663. The lowest BCUT2D eigenvalue weighted by molar-refractivity contribution is -0.136. The molecule has 6 nitrogen and oxygen atoms in total. The Morgan fingerprint density at radius 2 is 1.89 bits per heavy atom. The Morgan fingerprint density at radius 3 is 2.61 bits per heavy atom. The van der Waals surface area contributed by atoms with Crippen LogP contribution in [-0.2, 0) is 22.6 Å². The molecular weight excluding hydrogens is 496 g/mol. The number of hydrogen-bond acceptors (Lipinski definition) is 6. The van der Waals surface area contributed by atoms with Gasteiger partial charge in [0.25, 0.3) is 0 Å². The number of nitrogens with zero attached hydrogens (tertiary/aromatic N) is 2. The Bertz CT molecular complexity index is 1130. The molecule has 0 fully saturated rings. The highest BCUT2D eigenvalue weighted by Crippen LogP contribution is 2.34. The molecule has 0 saturated carbocycles. The topological polar surface area (TPSA) is 62.2 Å². The van der Waals surface area contributed by atoms with Gasteiger partial charge in [-0.2, -0.15) is 0 Å². The number of likely N-dealkylation sites (N-methyl/N-ethyl adjacent to an activating group) is 1. The van der Waals surface area contributed by atoms with Gasteiger partial charge in [-0.05, 0) is 59.2 Å². The highest BCUT2D eigenvalue weighted by atomic mass is 32.1. The van der Waals surface area contributed by atoms with Gasteiger partial charge in [0.15, 0.2) is 0 Å². The van der Waals surface area contributed by atoms with E-state index in [2.05, 4.69) is 37.4 Å². The maximum Gasteiger partial charge on any atom is 0.237 e. The fourth-order valence-electron chi connectivity index (χ4n) is 4.82. The van der Waals surface area contributed by atoms with Crippen LogP contribution in [0.4, 0.5) is 0 Å². The van der Waals surface area contributed by atoms with Crippen LogP contribution in [0.3, 0.4) is 0 Å². The van der Waals surface area contributed by atoms with Gasteiger partial charge in [0.2, 0.25) is 5.91 Å². The Hall–Kier alpha value is -2.71. The largest absolute Gasteiger partial charge is 0.491 e. The molecule has 38 heavy (non-hydrogen) atoms. The molecule has 3 aromatic rings. The molecule has 0 unspecified atom stereocenters. The van der Waals surface area contributed by atoms with Crippen molar-refractivity contribution in [3.63, 3.8) is 0 Å². The van der Waals surface area contributed by atoms with E-state index in [0.29, 0.717) is 38.8 Å². The second-order valence-corrected chi connectivity index (χ2v) is 11.2. The van der Waals surface area contributed by atoms with Gasteiger partial charge in [0, 0.05) is 18.0 Å². The molecule has 0 saturated heterocycles. The van der Waals surface area contributed by atoms with Crippen LogP contribution in [0.5, 0.6) is 5.75 Å². The van der Waals surface area contributed by atoms with Crippen LogP contribution in [0.25, 0.3) is 0 Å². The third-order valence-electron chi connectivity index (χ3n) is 7.07. The van der Waals surface area contributed by atoms with Crippen molar-refractivity contribution in [3.8, 4) is 5.75 Å². The zero-order valence-corrected chi connectivity index (χ0v) is 23.5. The average molecular weight is 537 g/mol. The van der Waals surface area contributed by atoms with Gasteiger partial charge in [0.1, 0.15) is 12.4 Å². The lowest BCUT2D eigenvalue weighted by atomic mass is 10.00. The van der Waals surface area contributed by atoms with E-state index >= 15 is 0 Å². The summed E-state index contributed by atoms with van der Waals surface area (Å²) in [5, 5.41) is 12.7. The van der Waals surface area contributed by atoms with Crippen LogP contribution in [0.15, 0.2) is 66.0 Å². The summed E-state index contributed by atoms with van der Waals surface area (Å²) >= 11 is 1.75. The normalized spacial score (nSPS) is 16.1. The molecule has 2 heterocycles. The second kappa shape index (κ2) is 13.9. The lowest BCUT2D eigenvalue weighted by Gasteiger charge is -2.37. The minimum absolute atomic E-state index is 0.0601. The van der Waals surface area contributed by atoms with Crippen LogP contribution in [0.2, 0.25) is 0 Å². The SMILES string of the molecule is CCN(CC(=O)N1CCc2sccc2[C@H]1COc1ccc(C(C)C)cc1)C[C@H](O)COCc1ccccc1. The highest BCUT2D eigenvalue weighted by molar-refractivity contribution is 7.10. The second-order valence-electron chi connectivity index (χ2n) is 10.2. The molecular formula is C31H40N2O4S. The first-order valence-corrected chi connectivity index (χ1v) is 14.4. The number of fused-ring (bicyclic) bond motifs is 1. The predicted octanol–water partition coefficient (Wildman–Crippen LogP) is 5.28. The maximum absolute atomic E-state index is 13.5. The minimum Gasteiger partial charge on any atom is -0.491 e. The fraction of sp³-hybridized carbons (Fsp3) is 0.452. The molecule has 0 bridgehead atoms. The van der Waals surface area contributed by atoms with Crippen molar-refractivity contribution in [3.05, 3.63) is 87.6 Å². The van der Waals surface area contributed by atoms with E-state index in [0.717, 1.165) is 17.7 Å². The van der Waals surface area contributed by atoms with Gasteiger partial charge in [-0.25, -0.2) is 0 Å². The number of hydrogen-bond donors (Lipinski definition) is 1. The summed E-state index contributed by atoms with van der Waals surface area (Å²) in [4.78, 5) is 18.8. The molecule has 1 aliphatic rings. The molecule has 0 radical (unpaired) electrons. The van der Waals surface area contributed by atoms with Crippen molar-refractivity contribution in [1.82, 2.24) is 9.80 Å². The molecule has 4 rings (SSSR count). The Labute approximate surface area is 230 Å². The Morgan fingerprint density at radius 1 is 1.13 bits per heavy atom. The number of carbonyl (C=O) groups is 1. The summed E-state index contributed by atoms with van der Waals surface area (Å²) < 4.78 is 11.9. The summed E-state index contributed by atoms with van der Waals surface area (Å²) in [5.74, 6) is 1.35. The van der Waals surface area contributed by atoms with Crippen LogP contribution < -0.4 is 4.74 Å². The third-order valence-corrected chi connectivity index (χ3v) is 8.06. The van der Waals surface area contributed by atoms with Gasteiger partial charge >= 0.3 is 0 Å². The first-order chi connectivity index (χ1) is 18.4. The van der Waals surface area contributed by atoms with E-state index < -0.39 is 6.10 Å². The maximum atomic E-state index is 13.5. The lowest BCUT2D eigenvalue weighted by Crippen LogP contribution is -2.48. The molecule has 1 aliphatic heterocycles. The molecule has 0 aliphatic carbocycles. The number of ether oxygens (including phenoxy) is 2. The summed E-state index contributed by atoms with van der Waals surface area (Å²) in [5.41, 5.74) is 3.54. The van der Waals surface area contributed by atoms with Crippen LogP contribution >= 0.6 is 11.3 Å². The Balaban J connectivity index is 1.33. The summed E-state index contributed by atoms with van der Waals surface area (Å²) in [7, 11) is 0. The highest BCUT2D eigenvalue weighted by Gasteiger charge is 2.33. The molecule has 1 N–H and O–H groups in total.